The zero-order valence-corrected chi connectivity index (χ0v) is 14.2. The van der Waals surface area contributed by atoms with Crippen molar-refractivity contribution in [1.82, 2.24) is 0 Å². The molecule has 0 amide bonds. The largest absolute Gasteiger partial charge is 0.495 e. The summed E-state index contributed by atoms with van der Waals surface area (Å²) < 4.78 is 33.7. The molecule has 0 bridgehead atoms. The molecule has 0 atom stereocenters. The van der Waals surface area contributed by atoms with Gasteiger partial charge in [-0.25, -0.2) is 8.42 Å². The molecule has 4 nitrogen and oxygen atoms in total. The maximum absolute atomic E-state index is 12.5. The van der Waals surface area contributed by atoms with Gasteiger partial charge in [0.05, 0.1) is 7.11 Å². The molecule has 6 heteroatoms. The number of ether oxygens (including phenoxy) is 1. The Morgan fingerprint density at radius 2 is 1.81 bits per heavy atom. The van der Waals surface area contributed by atoms with Crippen molar-refractivity contribution in [2.45, 2.75) is 18.2 Å². The highest BCUT2D eigenvalue weighted by molar-refractivity contribution is 9.10. The number of hydrogen-bond donors (Lipinski definition) is 1. The summed E-state index contributed by atoms with van der Waals surface area (Å²) in [5.74, 6) is 0.330. The molecule has 0 unspecified atom stereocenters. The molecular formula is C15H16BrNO3S. The first-order chi connectivity index (χ1) is 9.96. The van der Waals surface area contributed by atoms with Crippen LogP contribution in [0.15, 0.2) is 51.8 Å². The smallest absolute Gasteiger partial charge is 0.265 e. The summed E-state index contributed by atoms with van der Waals surface area (Å²) in [5, 5.41) is 0. The van der Waals surface area contributed by atoms with Crippen LogP contribution in [0.25, 0.3) is 0 Å². The molecule has 0 aliphatic heterocycles. The molecule has 112 valence electrons. The van der Waals surface area contributed by atoms with E-state index >= 15 is 0 Å². The summed E-state index contributed by atoms with van der Waals surface area (Å²) in [7, 11) is -2.23. The Balaban J connectivity index is 2.41. The first-order valence-electron chi connectivity index (χ1n) is 6.41. The molecule has 0 fully saturated rings. The van der Waals surface area contributed by atoms with Gasteiger partial charge in [-0.15, -0.1) is 0 Å². The number of hydrogen-bond acceptors (Lipinski definition) is 3. The molecule has 1 N–H and O–H groups in total. The van der Waals surface area contributed by atoms with Crippen molar-refractivity contribution >= 4 is 31.6 Å². The van der Waals surface area contributed by atoms with Crippen LogP contribution in [0, 0.1) is 0 Å². The van der Waals surface area contributed by atoms with Gasteiger partial charge in [0.1, 0.15) is 10.6 Å². The van der Waals surface area contributed by atoms with E-state index in [4.69, 9.17) is 4.74 Å². The summed E-state index contributed by atoms with van der Waals surface area (Å²) >= 11 is 3.31. The van der Waals surface area contributed by atoms with Gasteiger partial charge in [0.2, 0.25) is 0 Å². The van der Waals surface area contributed by atoms with E-state index in [-0.39, 0.29) is 4.90 Å². The van der Waals surface area contributed by atoms with Crippen molar-refractivity contribution in [2.75, 3.05) is 11.8 Å². The molecule has 2 aromatic carbocycles. The van der Waals surface area contributed by atoms with E-state index in [9.17, 15) is 8.42 Å². The monoisotopic (exact) mass is 369 g/mol. The van der Waals surface area contributed by atoms with Gasteiger partial charge in [-0.05, 0) is 48.4 Å². The van der Waals surface area contributed by atoms with E-state index in [2.05, 4.69) is 20.7 Å². The molecule has 21 heavy (non-hydrogen) atoms. The Morgan fingerprint density at radius 3 is 2.38 bits per heavy atom. The quantitative estimate of drug-likeness (QED) is 0.871. The second-order valence-electron chi connectivity index (χ2n) is 4.45. The van der Waals surface area contributed by atoms with Crippen molar-refractivity contribution in [3.8, 4) is 5.75 Å². The minimum atomic E-state index is -3.69. The van der Waals surface area contributed by atoms with E-state index < -0.39 is 10.0 Å². The highest BCUT2D eigenvalue weighted by atomic mass is 79.9. The third-order valence-corrected chi connectivity index (χ3v) is 4.95. The first-order valence-corrected chi connectivity index (χ1v) is 8.69. The fourth-order valence-electron chi connectivity index (χ4n) is 1.88. The van der Waals surface area contributed by atoms with E-state index in [0.29, 0.717) is 11.4 Å². The second-order valence-corrected chi connectivity index (χ2v) is 7.02. The minimum absolute atomic E-state index is 0.146. The predicted octanol–water partition coefficient (Wildman–Crippen LogP) is 3.82. The van der Waals surface area contributed by atoms with Crippen LogP contribution < -0.4 is 9.46 Å². The van der Waals surface area contributed by atoms with Gasteiger partial charge in [0.25, 0.3) is 10.0 Å². The summed E-state index contributed by atoms with van der Waals surface area (Å²) in [5.41, 5.74) is 1.44. The molecule has 2 rings (SSSR count). The van der Waals surface area contributed by atoms with Crippen molar-refractivity contribution < 1.29 is 13.2 Å². The van der Waals surface area contributed by atoms with Crippen LogP contribution in [0.3, 0.4) is 0 Å². The van der Waals surface area contributed by atoms with E-state index in [1.54, 1.807) is 36.4 Å². The zero-order chi connectivity index (χ0) is 15.5. The number of halogens is 1. The maximum atomic E-state index is 12.5. The van der Waals surface area contributed by atoms with E-state index in [1.165, 1.54) is 7.11 Å². The molecule has 0 heterocycles. The Morgan fingerprint density at radius 1 is 1.14 bits per heavy atom. The molecular weight excluding hydrogens is 354 g/mol. The summed E-state index contributed by atoms with van der Waals surface area (Å²) in [6.45, 7) is 1.97. The maximum Gasteiger partial charge on any atom is 0.265 e. The van der Waals surface area contributed by atoms with E-state index in [0.717, 1.165) is 16.5 Å². The van der Waals surface area contributed by atoms with Crippen molar-refractivity contribution in [3.05, 3.63) is 52.5 Å². The van der Waals surface area contributed by atoms with Crippen LogP contribution >= 0.6 is 15.9 Å². The highest BCUT2D eigenvalue weighted by Gasteiger charge is 2.20. The predicted molar refractivity (Wildman–Crippen MR) is 87.3 cm³/mol. The fourth-order valence-corrected chi connectivity index (χ4v) is 3.42. The number of rotatable bonds is 5. The third-order valence-electron chi connectivity index (χ3n) is 3.02. The standard InChI is InChI=1S/C15H16BrNO3S/c1-3-11-4-9-14(20-2)15(10-11)21(18,19)17-13-7-5-12(16)6-8-13/h4-10,17H,3H2,1-2H3. The zero-order valence-electron chi connectivity index (χ0n) is 11.8. The van der Waals surface area contributed by atoms with E-state index in [1.807, 2.05) is 13.0 Å². The van der Waals surface area contributed by atoms with Gasteiger partial charge >= 0.3 is 0 Å². The number of aryl methyl sites for hydroxylation is 1. The van der Waals surface area contributed by atoms with Crippen LogP contribution in [0.2, 0.25) is 0 Å². The van der Waals surface area contributed by atoms with Gasteiger partial charge in [-0.3, -0.25) is 4.72 Å². The third kappa shape index (κ3) is 3.77. The molecule has 0 saturated heterocycles. The number of methoxy groups -OCH3 is 1. The average Bonchev–Trinajstić information content (AvgIpc) is 2.48. The van der Waals surface area contributed by atoms with Crippen molar-refractivity contribution in [1.29, 1.82) is 0 Å². The van der Waals surface area contributed by atoms with Crippen molar-refractivity contribution in [3.63, 3.8) is 0 Å². The minimum Gasteiger partial charge on any atom is -0.495 e. The average molecular weight is 370 g/mol. The molecule has 0 radical (unpaired) electrons. The van der Waals surface area contributed by atoms with Crippen LogP contribution in [0.1, 0.15) is 12.5 Å². The molecule has 0 aliphatic rings. The number of benzene rings is 2. The Kier molecular flexibility index (Phi) is 4.90. The number of sulfonamides is 1. The van der Waals surface area contributed by atoms with Crippen LogP contribution in [0.5, 0.6) is 5.75 Å². The summed E-state index contributed by atoms with van der Waals surface area (Å²) in [4.78, 5) is 0.146. The second kappa shape index (κ2) is 6.49. The summed E-state index contributed by atoms with van der Waals surface area (Å²) in [6, 6.07) is 12.1. The fraction of sp³-hybridized carbons (Fsp3) is 0.200. The highest BCUT2D eigenvalue weighted by Crippen LogP contribution is 2.27. The summed E-state index contributed by atoms with van der Waals surface area (Å²) in [6.07, 6.45) is 0.755. The Hall–Kier alpha value is -1.53. The lowest BCUT2D eigenvalue weighted by molar-refractivity contribution is 0.402. The lowest BCUT2D eigenvalue weighted by atomic mass is 10.2. The topological polar surface area (TPSA) is 55.4 Å². The normalized spacial score (nSPS) is 11.2. The van der Waals surface area contributed by atoms with Crippen LogP contribution in [-0.2, 0) is 16.4 Å². The van der Waals surface area contributed by atoms with Crippen LogP contribution in [0.4, 0.5) is 5.69 Å². The van der Waals surface area contributed by atoms with Crippen LogP contribution in [-0.4, -0.2) is 15.5 Å². The van der Waals surface area contributed by atoms with Gasteiger partial charge in [0.15, 0.2) is 0 Å². The molecule has 2 aromatic rings. The Bertz CT molecular complexity index is 727. The van der Waals surface area contributed by atoms with Gasteiger partial charge in [-0.1, -0.05) is 28.9 Å². The van der Waals surface area contributed by atoms with Gasteiger partial charge in [-0.2, -0.15) is 0 Å². The van der Waals surface area contributed by atoms with Gasteiger partial charge < -0.3 is 4.74 Å². The first kappa shape index (κ1) is 15.9. The number of nitrogens with one attached hydrogen (secondary N) is 1. The lowest BCUT2D eigenvalue weighted by Crippen LogP contribution is -2.14. The lowest BCUT2D eigenvalue weighted by Gasteiger charge is -2.13. The van der Waals surface area contributed by atoms with Crippen molar-refractivity contribution in [2.24, 2.45) is 0 Å². The molecule has 0 aliphatic carbocycles. The SMILES string of the molecule is CCc1ccc(OC)c(S(=O)(=O)Nc2ccc(Br)cc2)c1. The molecule has 0 saturated carbocycles. The molecule has 0 aromatic heterocycles. The molecule has 0 spiro atoms. The number of anilines is 1. The van der Waals surface area contributed by atoms with Gasteiger partial charge in [0, 0.05) is 10.2 Å². The Labute approximate surface area is 133 Å².